The molecule has 2 aromatic carbocycles. The summed E-state index contributed by atoms with van der Waals surface area (Å²) in [6, 6.07) is 15.4. The van der Waals surface area contributed by atoms with Gasteiger partial charge in [0.15, 0.2) is 0 Å². The summed E-state index contributed by atoms with van der Waals surface area (Å²) >= 11 is 2.96. The van der Waals surface area contributed by atoms with E-state index in [9.17, 15) is 15.4 Å². The van der Waals surface area contributed by atoms with E-state index in [2.05, 4.69) is 31.8 Å². The zero-order valence-electron chi connectivity index (χ0n) is 19.8. The van der Waals surface area contributed by atoms with Gasteiger partial charge in [-0.3, -0.25) is 10.1 Å². The molecule has 1 heterocycles. The van der Waals surface area contributed by atoms with Crippen LogP contribution in [0, 0.1) is 39.7 Å². The number of hydrogen-bond acceptors (Lipinski definition) is 6. The summed E-state index contributed by atoms with van der Waals surface area (Å²) in [6.45, 7) is 8.83. The Balaban J connectivity index is 1.60. The van der Waals surface area contributed by atoms with E-state index in [-0.39, 0.29) is 16.0 Å². The van der Waals surface area contributed by atoms with Gasteiger partial charge in [-0.2, -0.15) is 5.26 Å². The minimum atomic E-state index is -0.356. The minimum Gasteiger partial charge on any atom is -0.258 e. The first kappa shape index (κ1) is 24.2. The first-order valence-corrected chi connectivity index (χ1v) is 12.9. The number of nitrogens with zero attached hydrogens (tertiary/aromatic N) is 3. The predicted octanol–water partition coefficient (Wildman–Crippen LogP) is 7.89. The zero-order chi connectivity index (χ0) is 24.5. The Labute approximate surface area is 208 Å². The van der Waals surface area contributed by atoms with Crippen LogP contribution in [-0.2, 0) is 12.8 Å². The van der Waals surface area contributed by atoms with Gasteiger partial charge < -0.3 is 0 Å². The molecule has 0 amide bonds. The fourth-order valence-electron chi connectivity index (χ4n) is 4.23. The van der Waals surface area contributed by atoms with Crippen LogP contribution in [0.4, 0.5) is 10.7 Å². The van der Waals surface area contributed by atoms with Crippen molar-refractivity contribution in [2.24, 2.45) is 16.3 Å². The number of nitriles is 1. The first-order valence-electron chi connectivity index (χ1n) is 11.3. The molecule has 1 atom stereocenters. The first-order chi connectivity index (χ1) is 16.2. The lowest BCUT2D eigenvalue weighted by Crippen LogP contribution is -2.26. The van der Waals surface area contributed by atoms with E-state index >= 15 is 0 Å². The molecule has 1 aromatic heterocycles. The Bertz CT molecular complexity index is 1300. The molecule has 0 radical (unpaired) electrons. The summed E-state index contributed by atoms with van der Waals surface area (Å²) in [7, 11) is 0. The zero-order valence-corrected chi connectivity index (χ0v) is 21.4. The molecular weight excluding hydrogens is 462 g/mol. The summed E-state index contributed by atoms with van der Waals surface area (Å²) in [5.74, 6) is 0.586. The van der Waals surface area contributed by atoms with Crippen LogP contribution in [0.1, 0.15) is 54.3 Å². The number of aliphatic imine (C=N–C) groups is 1. The number of benzene rings is 2. The number of rotatable bonds is 5. The van der Waals surface area contributed by atoms with Gasteiger partial charge in [-0.1, -0.05) is 56.3 Å². The third-order valence-electron chi connectivity index (χ3n) is 6.34. The highest BCUT2D eigenvalue weighted by Crippen LogP contribution is 2.45. The van der Waals surface area contributed by atoms with Gasteiger partial charge in [-0.25, -0.2) is 4.99 Å². The monoisotopic (exact) mass is 489 g/mol. The Morgan fingerprint density at radius 3 is 2.62 bits per heavy atom. The van der Waals surface area contributed by atoms with E-state index in [4.69, 9.17) is 0 Å². The van der Waals surface area contributed by atoms with Gasteiger partial charge in [-0.05, 0) is 66.8 Å². The van der Waals surface area contributed by atoms with Crippen LogP contribution in [0.15, 0.2) is 57.2 Å². The van der Waals surface area contributed by atoms with Crippen LogP contribution >= 0.6 is 23.1 Å². The summed E-state index contributed by atoms with van der Waals surface area (Å²) in [5, 5.41) is 22.2. The molecule has 174 valence electrons. The van der Waals surface area contributed by atoms with Crippen molar-refractivity contribution >= 4 is 40.0 Å². The molecule has 7 heteroatoms. The lowest BCUT2D eigenvalue weighted by atomic mass is 9.72. The van der Waals surface area contributed by atoms with Crippen molar-refractivity contribution in [2.45, 2.75) is 56.7 Å². The molecule has 0 saturated heterocycles. The average molecular weight is 490 g/mol. The quantitative estimate of drug-likeness (QED) is 0.207. The van der Waals surface area contributed by atoms with Crippen LogP contribution < -0.4 is 0 Å². The van der Waals surface area contributed by atoms with Crippen molar-refractivity contribution in [1.29, 1.82) is 5.26 Å². The molecule has 1 aliphatic carbocycles. The summed E-state index contributed by atoms with van der Waals surface area (Å²) < 4.78 is 0. The van der Waals surface area contributed by atoms with Crippen LogP contribution in [0.2, 0.25) is 0 Å². The third-order valence-corrected chi connectivity index (χ3v) is 8.58. The molecular formula is C27H27N3O2S2. The highest BCUT2D eigenvalue weighted by atomic mass is 32.2. The highest BCUT2D eigenvalue weighted by molar-refractivity contribution is 7.99. The average Bonchev–Trinajstić information content (AvgIpc) is 3.15. The maximum atomic E-state index is 11.7. The van der Waals surface area contributed by atoms with E-state index in [1.54, 1.807) is 29.7 Å². The maximum absolute atomic E-state index is 11.7. The molecule has 0 N–H and O–H groups in total. The number of aryl methyl sites for hydroxylation is 1. The summed E-state index contributed by atoms with van der Waals surface area (Å²) in [5.41, 5.74) is 3.86. The maximum Gasteiger partial charge on any atom is 0.283 e. The van der Waals surface area contributed by atoms with Crippen molar-refractivity contribution < 1.29 is 4.92 Å². The van der Waals surface area contributed by atoms with E-state index in [1.807, 2.05) is 37.3 Å². The number of thiophene rings is 1. The van der Waals surface area contributed by atoms with E-state index < -0.39 is 0 Å². The number of nitro benzene ring substituents is 1. The largest absolute Gasteiger partial charge is 0.283 e. The Kier molecular flexibility index (Phi) is 6.92. The third kappa shape index (κ3) is 5.24. The van der Waals surface area contributed by atoms with E-state index in [0.29, 0.717) is 26.9 Å². The van der Waals surface area contributed by atoms with E-state index in [1.165, 1.54) is 16.6 Å². The van der Waals surface area contributed by atoms with Crippen LogP contribution in [0.5, 0.6) is 0 Å². The number of nitro groups is 1. The van der Waals surface area contributed by atoms with Crippen LogP contribution in [-0.4, -0.2) is 11.1 Å². The van der Waals surface area contributed by atoms with Crippen molar-refractivity contribution in [1.82, 2.24) is 0 Å². The predicted molar refractivity (Wildman–Crippen MR) is 140 cm³/mol. The molecule has 0 saturated carbocycles. The standard InChI is InChI=1S/C27H27N3O2S2/c1-17-5-9-20(10-6-17)33-24-12-7-18(13-23(24)30(31)32)16-29-26-22(15-28)21-11-8-19(27(2,3)4)14-25(21)34-26/h5-7,9-10,12-13,16,19H,8,11,14H2,1-4H3/t19-/m1/s1. The topological polar surface area (TPSA) is 79.3 Å². The van der Waals surface area contributed by atoms with Crippen molar-refractivity contribution in [3.63, 3.8) is 0 Å². The van der Waals surface area contributed by atoms with Gasteiger partial charge >= 0.3 is 0 Å². The molecule has 4 rings (SSSR count). The fourth-order valence-corrected chi connectivity index (χ4v) is 6.35. The normalized spacial score (nSPS) is 15.8. The van der Waals surface area contributed by atoms with Crippen molar-refractivity contribution in [3.8, 4) is 6.07 Å². The highest BCUT2D eigenvalue weighted by Gasteiger charge is 2.32. The number of fused-ring (bicyclic) bond motifs is 1. The van der Waals surface area contributed by atoms with Gasteiger partial charge in [-0.15, -0.1) is 11.3 Å². The van der Waals surface area contributed by atoms with Crippen LogP contribution in [0.25, 0.3) is 0 Å². The molecule has 5 nitrogen and oxygen atoms in total. The van der Waals surface area contributed by atoms with Crippen LogP contribution in [0.3, 0.4) is 0 Å². The van der Waals surface area contributed by atoms with Gasteiger partial charge in [0.2, 0.25) is 0 Å². The molecule has 1 aliphatic rings. The van der Waals surface area contributed by atoms with Gasteiger partial charge in [0.05, 0.1) is 15.4 Å². The Morgan fingerprint density at radius 2 is 1.97 bits per heavy atom. The van der Waals surface area contributed by atoms with Crippen molar-refractivity contribution in [2.75, 3.05) is 0 Å². The Morgan fingerprint density at radius 1 is 1.24 bits per heavy atom. The molecule has 0 aliphatic heterocycles. The second-order valence-corrected chi connectivity index (χ2v) is 12.0. The number of hydrogen-bond donors (Lipinski definition) is 0. The molecule has 3 aromatic rings. The summed E-state index contributed by atoms with van der Waals surface area (Å²) in [4.78, 5) is 18.8. The summed E-state index contributed by atoms with van der Waals surface area (Å²) in [6.07, 6.45) is 4.59. The lowest BCUT2D eigenvalue weighted by molar-refractivity contribution is -0.387. The Hall–Kier alpha value is -2.95. The molecule has 34 heavy (non-hydrogen) atoms. The van der Waals surface area contributed by atoms with Gasteiger partial charge in [0.1, 0.15) is 11.1 Å². The van der Waals surface area contributed by atoms with Gasteiger partial charge in [0.25, 0.3) is 5.69 Å². The van der Waals surface area contributed by atoms with E-state index in [0.717, 1.165) is 35.3 Å². The second-order valence-electron chi connectivity index (χ2n) is 9.76. The molecule has 0 bridgehead atoms. The lowest BCUT2D eigenvalue weighted by Gasteiger charge is -2.33. The SMILES string of the molecule is Cc1ccc(Sc2ccc(C=Nc3sc4c(c3C#N)CC[C@@H](C(C)(C)C)C4)cc2[N+](=O)[O-])cc1. The smallest absolute Gasteiger partial charge is 0.258 e. The molecule has 0 fully saturated rings. The molecule has 0 unspecified atom stereocenters. The van der Waals surface area contributed by atoms with Crippen molar-refractivity contribution in [3.05, 3.63) is 79.7 Å². The molecule has 0 spiro atoms. The second kappa shape index (κ2) is 9.73. The fraction of sp³-hybridized carbons (Fsp3) is 0.333. The van der Waals surface area contributed by atoms with Gasteiger partial charge in [0, 0.05) is 22.1 Å². The minimum absolute atomic E-state index is 0.0496.